The van der Waals surface area contributed by atoms with Crippen LogP contribution in [0.15, 0.2) is 48.5 Å². The van der Waals surface area contributed by atoms with Crippen LogP contribution in [0.2, 0.25) is 0 Å². The number of amides is 2. The molecule has 1 aliphatic rings. The standard InChI is InChI=1S/C26H33N3O5S/c1-29(2)14-12-22(24(30)27-23(25(31)32)13-15-35-3)28-26(33)34-16-21-19-10-6-4-8-17(19)18-9-5-7-11-20(18)21/h4-11,21-23H,12-16H2,1-3H3,(H,27,30)(H,28,33)(H,31,32)/t22?,23-/m1/s1. The number of carbonyl (C=O) groups is 3. The molecule has 2 atom stereocenters. The molecule has 0 aromatic heterocycles. The van der Waals surface area contributed by atoms with E-state index in [1.54, 1.807) is 0 Å². The molecule has 9 heteroatoms. The Balaban J connectivity index is 1.65. The predicted octanol–water partition coefficient (Wildman–Crippen LogP) is 3.17. The molecular formula is C26H33N3O5S. The van der Waals surface area contributed by atoms with E-state index in [9.17, 15) is 19.5 Å². The van der Waals surface area contributed by atoms with E-state index in [4.69, 9.17) is 4.74 Å². The average molecular weight is 500 g/mol. The van der Waals surface area contributed by atoms with E-state index in [1.165, 1.54) is 11.8 Å². The van der Waals surface area contributed by atoms with Gasteiger partial charge in [-0.15, -0.1) is 0 Å². The fraction of sp³-hybridized carbons (Fsp3) is 0.423. The second-order valence-corrected chi connectivity index (χ2v) is 9.78. The van der Waals surface area contributed by atoms with Crippen molar-refractivity contribution in [1.29, 1.82) is 0 Å². The van der Waals surface area contributed by atoms with E-state index >= 15 is 0 Å². The number of rotatable bonds is 12. The van der Waals surface area contributed by atoms with Gasteiger partial charge in [-0.3, -0.25) is 4.79 Å². The molecule has 2 amide bonds. The summed E-state index contributed by atoms with van der Waals surface area (Å²) < 4.78 is 5.58. The summed E-state index contributed by atoms with van der Waals surface area (Å²) >= 11 is 1.51. The fourth-order valence-corrected chi connectivity index (χ4v) is 4.68. The van der Waals surface area contributed by atoms with Gasteiger partial charge in [-0.1, -0.05) is 48.5 Å². The molecule has 3 rings (SSSR count). The highest BCUT2D eigenvalue weighted by molar-refractivity contribution is 7.98. The summed E-state index contributed by atoms with van der Waals surface area (Å²) in [5.41, 5.74) is 4.46. The van der Waals surface area contributed by atoms with E-state index in [0.29, 0.717) is 25.1 Å². The van der Waals surface area contributed by atoms with Crippen LogP contribution < -0.4 is 10.6 Å². The van der Waals surface area contributed by atoms with Gasteiger partial charge in [0.05, 0.1) is 0 Å². The highest BCUT2D eigenvalue weighted by atomic mass is 32.2. The van der Waals surface area contributed by atoms with Crippen molar-refractivity contribution in [2.24, 2.45) is 0 Å². The van der Waals surface area contributed by atoms with Gasteiger partial charge in [0.2, 0.25) is 5.91 Å². The van der Waals surface area contributed by atoms with E-state index in [-0.39, 0.29) is 12.5 Å². The van der Waals surface area contributed by atoms with Gasteiger partial charge in [0.1, 0.15) is 18.7 Å². The van der Waals surface area contributed by atoms with Crippen LogP contribution in [0.4, 0.5) is 4.79 Å². The number of carboxylic acids is 1. The summed E-state index contributed by atoms with van der Waals surface area (Å²) in [6, 6.07) is 14.2. The minimum Gasteiger partial charge on any atom is -0.480 e. The van der Waals surface area contributed by atoms with Crippen molar-refractivity contribution in [3.05, 3.63) is 59.7 Å². The highest BCUT2D eigenvalue weighted by Gasteiger charge is 2.30. The molecule has 1 unspecified atom stereocenters. The van der Waals surface area contributed by atoms with Crippen LogP contribution in [0.25, 0.3) is 11.1 Å². The monoisotopic (exact) mass is 499 g/mol. The molecule has 8 nitrogen and oxygen atoms in total. The maximum Gasteiger partial charge on any atom is 0.407 e. The first-order valence-electron chi connectivity index (χ1n) is 11.6. The number of hydrogen-bond donors (Lipinski definition) is 3. The summed E-state index contributed by atoms with van der Waals surface area (Å²) in [7, 11) is 3.72. The van der Waals surface area contributed by atoms with E-state index in [2.05, 4.69) is 22.8 Å². The Morgan fingerprint density at radius 2 is 1.57 bits per heavy atom. The first kappa shape index (κ1) is 26.6. The summed E-state index contributed by atoms with van der Waals surface area (Å²) in [5.74, 6) is -1.13. The Bertz CT molecular complexity index is 1000. The predicted molar refractivity (Wildman–Crippen MR) is 138 cm³/mol. The molecule has 0 saturated heterocycles. The summed E-state index contributed by atoms with van der Waals surface area (Å²) in [4.78, 5) is 39.1. The lowest BCUT2D eigenvalue weighted by atomic mass is 9.98. The lowest BCUT2D eigenvalue weighted by molar-refractivity contribution is -0.142. The second kappa shape index (κ2) is 12.6. The van der Waals surface area contributed by atoms with Crippen molar-refractivity contribution in [2.75, 3.05) is 39.3 Å². The Labute approximate surface area is 210 Å². The smallest absolute Gasteiger partial charge is 0.407 e. The van der Waals surface area contributed by atoms with Gasteiger partial charge in [0.15, 0.2) is 0 Å². The van der Waals surface area contributed by atoms with Gasteiger partial charge in [0.25, 0.3) is 0 Å². The topological polar surface area (TPSA) is 108 Å². The van der Waals surface area contributed by atoms with Gasteiger partial charge in [0, 0.05) is 5.92 Å². The number of hydrogen-bond acceptors (Lipinski definition) is 6. The lowest BCUT2D eigenvalue weighted by Crippen LogP contribution is -2.52. The highest BCUT2D eigenvalue weighted by Crippen LogP contribution is 2.44. The summed E-state index contributed by atoms with van der Waals surface area (Å²) in [5, 5.41) is 14.7. The van der Waals surface area contributed by atoms with Crippen LogP contribution >= 0.6 is 11.8 Å². The summed E-state index contributed by atoms with van der Waals surface area (Å²) in [6.07, 6.45) is 1.78. The van der Waals surface area contributed by atoms with Gasteiger partial charge in [-0.25, -0.2) is 9.59 Å². The first-order chi connectivity index (χ1) is 16.8. The normalized spacial score (nSPS) is 14.1. The maximum atomic E-state index is 12.9. The number of fused-ring (bicyclic) bond motifs is 3. The van der Waals surface area contributed by atoms with Crippen LogP contribution in [0, 0.1) is 0 Å². The van der Waals surface area contributed by atoms with Crippen molar-refractivity contribution in [2.45, 2.75) is 30.8 Å². The van der Waals surface area contributed by atoms with Gasteiger partial charge in [-0.05, 0) is 67.7 Å². The largest absolute Gasteiger partial charge is 0.480 e. The zero-order valence-electron chi connectivity index (χ0n) is 20.3. The average Bonchev–Trinajstić information content (AvgIpc) is 3.16. The Morgan fingerprint density at radius 1 is 0.971 bits per heavy atom. The first-order valence-corrected chi connectivity index (χ1v) is 13.0. The molecule has 0 fully saturated rings. The minimum atomic E-state index is -1.10. The van der Waals surface area contributed by atoms with E-state index < -0.39 is 30.1 Å². The van der Waals surface area contributed by atoms with Crippen molar-refractivity contribution in [3.63, 3.8) is 0 Å². The number of carboxylic acid groups (broad SMARTS) is 1. The van der Waals surface area contributed by atoms with Crippen molar-refractivity contribution < 1.29 is 24.2 Å². The molecule has 3 N–H and O–H groups in total. The second-order valence-electron chi connectivity index (χ2n) is 8.80. The van der Waals surface area contributed by atoms with Gasteiger partial charge >= 0.3 is 12.1 Å². The molecule has 188 valence electrons. The third kappa shape index (κ3) is 6.99. The number of ether oxygens (including phenoxy) is 1. The Hall–Kier alpha value is -3.04. The van der Waals surface area contributed by atoms with Crippen LogP contribution in [0.3, 0.4) is 0 Å². The van der Waals surface area contributed by atoms with Crippen molar-refractivity contribution in [1.82, 2.24) is 15.5 Å². The number of thioether (sulfide) groups is 1. The molecule has 1 aliphatic carbocycles. The van der Waals surface area contributed by atoms with Crippen LogP contribution in [-0.2, 0) is 14.3 Å². The Morgan fingerprint density at radius 3 is 2.11 bits per heavy atom. The number of nitrogens with zero attached hydrogens (tertiary/aromatic N) is 1. The van der Waals surface area contributed by atoms with Crippen LogP contribution in [-0.4, -0.2) is 79.3 Å². The summed E-state index contributed by atoms with van der Waals surface area (Å²) in [6.45, 7) is 0.664. The molecule has 0 bridgehead atoms. The zero-order chi connectivity index (χ0) is 25.4. The van der Waals surface area contributed by atoms with Crippen molar-refractivity contribution >= 4 is 29.7 Å². The van der Waals surface area contributed by atoms with E-state index in [0.717, 1.165) is 22.3 Å². The molecule has 0 saturated carbocycles. The number of aliphatic carboxylic acids is 1. The number of carbonyl (C=O) groups excluding carboxylic acids is 2. The molecule has 2 aromatic rings. The molecule has 0 heterocycles. The molecule has 0 radical (unpaired) electrons. The molecule has 2 aromatic carbocycles. The lowest BCUT2D eigenvalue weighted by Gasteiger charge is -2.23. The SMILES string of the molecule is CSCC[C@@H](NC(=O)C(CCN(C)C)NC(=O)OCC1c2ccccc2-c2ccccc21)C(=O)O. The van der Waals surface area contributed by atoms with Crippen molar-refractivity contribution in [3.8, 4) is 11.1 Å². The maximum absolute atomic E-state index is 12.9. The van der Waals surface area contributed by atoms with Crippen LogP contribution in [0.1, 0.15) is 29.9 Å². The number of alkyl carbamates (subject to hydrolysis) is 1. The molecule has 0 spiro atoms. The fourth-order valence-electron chi connectivity index (χ4n) is 4.20. The number of nitrogens with one attached hydrogen (secondary N) is 2. The molecular weight excluding hydrogens is 466 g/mol. The third-order valence-corrected chi connectivity index (χ3v) is 6.69. The zero-order valence-corrected chi connectivity index (χ0v) is 21.1. The van der Waals surface area contributed by atoms with E-state index in [1.807, 2.05) is 61.6 Å². The number of benzene rings is 2. The van der Waals surface area contributed by atoms with Crippen LogP contribution in [0.5, 0.6) is 0 Å². The Kier molecular flexibility index (Phi) is 9.56. The molecule has 0 aliphatic heterocycles. The molecule has 35 heavy (non-hydrogen) atoms. The quantitative estimate of drug-likeness (QED) is 0.412. The third-order valence-electron chi connectivity index (χ3n) is 6.04. The van der Waals surface area contributed by atoms with Gasteiger partial charge in [-0.2, -0.15) is 11.8 Å². The minimum absolute atomic E-state index is 0.0925. The van der Waals surface area contributed by atoms with Gasteiger partial charge < -0.3 is 25.4 Å².